The summed E-state index contributed by atoms with van der Waals surface area (Å²) in [6.07, 6.45) is 1.70. The summed E-state index contributed by atoms with van der Waals surface area (Å²) in [5, 5.41) is 0. The zero-order valence-electron chi connectivity index (χ0n) is 11.4. The molecule has 6 heteroatoms. The number of halogens is 2. The summed E-state index contributed by atoms with van der Waals surface area (Å²) >= 11 is 3.09. The number of anilines is 1. The van der Waals surface area contributed by atoms with Crippen molar-refractivity contribution in [3.63, 3.8) is 0 Å². The SMILES string of the molecule is CCCc1ccccc1NS(=O)(=O)c1ccc(F)cc1Br. The molecule has 0 radical (unpaired) electrons. The van der Waals surface area contributed by atoms with E-state index >= 15 is 0 Å². The summed E-state index contributed by atoms with van der Waals surface area (Å²) < 4.78 is 40.7. The Balaban J connectivity index is 2.38. The fraction of sp³-hybridized carbons (Fsp3) is 0.200. The molecular formula is C15H15BrFNO2S. The van der Waals surface area contributed by atoms with Gasteiger partial charge in [-0.05, 0) is 52.2 Å². The second kappa shape index (κ2) is 6.58. The van der Waals surface area contributed by atoms with E-state index in [9.17, 15) is 12.8 Å². The molecule has 0 aliphatic carbocycles. The van der Waals surface area contributed by atoms with E-state index in [-0.39, 0.29) is 9.37 Å². The third kappa shape index (κ3) is 3.83. The van der Waals surface area contributed by atoms with Crippen LogP contribution in [-0.4, -0.2) is 8.42 Å². The van der Waals surface area contributed by atoms with Crippen molar-refractivity contribution in [3.05, 3.63) is 58.3 Å². The van der Waals surface area contributed by atoms with E-state index in [0.717, 1.165) is 30.5 Å². The summed E-state index contributed by atoms with van der Waals surface area (Å²) in [6, 6.07) is 10.8. The molecule has 1 N–H and O–H groups in total. The van der Waals surface area contributed by atoms with Crippen molar-refractivity contribution in [2.45, 2.75) is 24.7 Å². The summed E-state index contributed by atoms with van der Waals surface area (Å²) in [5.74, 6) is -0.493. The van der Waals surface area contributed by atoms with E-state index in [4.69, 9.17) is 0 Å². The van der Waals surface area contributed by atoms with Crippen LogP contribution in [-0.2, 0) is 16.4 Å². The molecule has 0 heterocycles. The third-order valence-electron chi connectivity index (χ3n) is 2.96. The maximum Gasteiger partial charge on any atom is 0.263 e. The summed E-state index contributed by atoms with van der Waals surface area (Å²) in [4.78, 5) is 0.00945. The molecule has 21 heavy (non-hydrogen) atoms. The van der Waals surface area contributed by atoms with Crippen molar-refractivity contribution >= 4 is 31.6 Å². The number of sulfonamides is 1. The lowest BCUT2D eigenvalue weighted by atomic mass is 10.1. The number of nitrogens with one attached hydrogen (secondary N) is 1. The van der Waals surface area contributed by atoms with Crippen LogP contribution in [0.3, 0.4) is 0 Å². The number of benzene rings is 2. The highest BCUT2D eigenvalue weighted by Crippen LogP contribution is 2.26. The molecule has 0 amide bonds. The Morgan fingerprint density at radius 1 is 1.19 bits per heavy atom. The van der Waals surface area contributed by atoms with Gasteiger partial charge in [-0.3, -0.25) is 4.72 Å². The summed E-state index contributed by atoms with van der Waals surface area (Å²) in [6.45, 7) is 2.03. The van der Waals surface area contributed by atoms with Gasteiger partial charge in [-0.1, -0.05) is 31.5 Å². The highest BCUT2D eigenvalue weighted by atomic mass is 79.9. The Bertz CT molecular complexity index is 747. The first-order valence-electron chi connectivity index (χ1n) is 6.50. The monoisotopic (exact) mass is 371 g/mol. The summed E-state index contributed by atoms with van der Waals surface area (Å²) in [7, 11) is -3.77. The fourth-order valence-corrected chi connectivity index (χ4v) is 4.15. The fourth-order valence-electron chi connectivity index (χ4n) is 2.00. The smallest absolute Gasteiger partial charge is 0.263 e. The lowest BCUT2D eigenvalue weighted by Crippen LogP contribution is -2.15. The Morgan fingerprint density at radius 3 is 2.57 bits per heavy atom. The molecule has 112 valence electrons. The maximum atomic E-state index is 13.1. The van der Waals surface area contributed by atoms with Crippen LogP contribution < -0.4 is 4.72 Å². The molecule has 0 bridgehead atoms. The average Bonchev–Trinajstić information content (AvgIpc) is 2.40. The van der Waals surface area contributed by atoms with Crippen molar-refractivity contribution in [2.75, 3.05) is 4.72 Å². The first-order valence-corrected chi connectivity index (χ1v) is 8.77. The minimum atomic E-state index is -3.77. The molecule has 0 aliphatic heterocycles. The molecule has 2 aromatic rings. The van der Waals surface area contributed by atoms with Gasteiger partial charge in [-0.25, -0.2) is 12.8 Å². The number of rotatable bonds is 5. The number of hydrogen-bond acceptors (Lipinski definition) is 2. The predicted molar refractivity (Wildman–Crippen MR) is 85.3 cm³/mol. The zero-order valence-corrected chi connectivity index (χ0v) is 13.8. The molecular weight excluding hydrogens is 357 g/mol. The maximum absolute atomic E-state index is 13.1. The standard InChI is InChI=1S/C15H15BrFNO2S/c1-2-5-11-6-3-4-7-14(11)18-21(19,20)15-9-8-12(17)10-13(15)16/h3-4,6-10,18H,2,5H2,1H3. The third-order valence-corrected chi connectivity index (χ3v) is 5.31. The molecule has 0 fully saturated rings. The molecule has 2 aromatic carbocycles. The Kier molecular flexibility index (Phi) is 5.00. The van der Waals surface area contributed by atoms with Gasteiger partial charge < -0.3 is 0 Å². The molecule has 0 saturated carbocycles. The number of hydrogen-bond donors (Lipinski definition) is 1. The van der Waals surface area contributed by atoms with E-state index in [1.807, 2.05) is 19.1 Å². The Morgan fingerprint density at radius 2 is 1.90 bits per heavy atom. The molecule has 0 aromatic heterocycles. The normalized spacial score (nSPS) is 11.4. The van der Waals surface area contributed by atoms with Crippen LogP contribution >= 0.6 is 15.9 Å². The van der Waals surface area contributed by atoms with E-state index in [2.05, 4.69) is 20.7 Å². The van der Waals surface area contributed by atoms with E-state index in [1.54, 1.807) is 12.1 Å². The van der Waals surface area contributed by atoms with E-state index < -0.39 is 15.8 Å². The van der Waals surface area contributed by atoms with Gasteiger partial charge in [-0.15, -0.1) is 0 Å². The van der Waals surface area contributed by atoms with Crippen molar-refractivity contribution < 1.29 is 12.8 Å². The second-order valence-corrected chi connectivity index (χ2v) is 7.09. The molecule has 0 spiro atoms. The van der Waals surface area contributed by atoms with Crippen LogP contribution in [0, 0.1) is 5.82 Å². The lowest BCUT2D eigenvalue weighted by molar-refractivity contribution is 0.599. The van der Waals surface area contributed by atoms with Crippen LogP contribution in [0.5, 0.6) is 0 Å². The van der Waals surface area contributed by atoms with Crippen LogP contribution in [0.2, 0.25) is 0 Å². The molecule has 2 rings (SSSR count). The first kappa shape index (κ1) is 16.0. The largest absolute Gasteiger partial charge is 0.279 e. The van der Waals surface area contributed by atoms with Crippen molar-refractivity contribution in [1.82, 2.24) is 0 Å². The minimum absolute atomic E-state index is 0.00945. The topological polar surface area (TPSA) is 46.2 Å². The van der Waals surface area contributed by atoms with Gasteiger partial charge >= 0.3 is 0 Å². The molecule has 0 atom stereocenters. The number of aryl methyl sites for hydroxylation is 1. The van der Waals surface area contributed by atoms with Gasteiger partial charge in [-0.2, -0.15) is 0 Å². The predicted octanol–water partition coefficient (Wildman–Crippen LogP) is 4.34. The van der Waals surface area contributed by atoms with Gasteiger partial charge in [0.25, 0.3) is 10.0 Å². The second-order valence-electron chi connectivity index (χ2n) is 4.59. The molecule has 0 saturated heterocycles. The summed E-state index contributed by atoms with van der Waals surface area (Å²) in [5.41, 5.74) is 1.48. The van der Waals surface area contributed by atoms with Crippen LogP contribution in [0.25, 0.3) is 0 Å². The van der Waals surface area contributed by atoms with Gasteiger partial charge in [0.15, 0.2) is 0 Å². The van der Waals surface area contributed by atoms with Crippen LogP contribution in [0.15, 0.2) is 51.8 Å². The highest BCUT2D eigenvalue weighted by molar-refractivity contribution is 9.10. The highest BCUT2D eigenvalue weighted by Gasteiger charge is 2.19. The van der Waals surface area contributed by atoms with Crippen molar-refractivity contribution in [3.8, 4) is 0 Å². The van der Waals surface area contributed by atoms with Gasteiger partial charge in [0.1, 0.15) is 10.7 Å². The minimum Gasteiger partial charge on any atom is -0.279 e. The van der Waals surface area contributed by atoms with E-state index in [1.165, 1.54) is 6.07 Å². The van der Waals surface area contributed by atoms with Gasteiger partial charge in [0, 0.05) is 4.47 Å². The van der Waals surface area contributed by atoms with Crippen molar-refractivity contribution in [2.24, 2.45) is 0 Å². The van der Waals surface area contributed by atoms with Crippen LogP contribution in [0.1, 0.15) is 18.9 Å². The van der Waals surface area contributed by atoms with Crippen LogP contribution in [0.4, 0.5) is 10.1 Å². The Hall–Kier alpha value is -1.40. The van der Waals surface area contributed by atoms with Crippen molar-refractivity contribution in [1.29, 1.82) is 0 Å². The molecule has 3 nitrogen and oxygen atoms in total. The number of para-hydroxylation sites is 1. The average molecular weight is 372 g/mol. The van der Waals surface area contributed by atoms with Gasteiger partial charge in [0.05, 0.1) is 5.69 Å². The zero-order chi connectivity index (χ0) is 15.5. The lowest BCUT2D eigenvalue weighted by Gasteiger charge is -2.13. The Labute approximate surface area is 132 Å². The molecule has 0 unspecified atom stereocenters. The van der Waals surface area contributed by atoms with E-state index in [0.29, 0.717) is 5.69 Å². The molecule has 0 aliphatic rings. The quantitative estimate of drug-likeness (QED) is 0.849. The van der Waals surface area contributed by atoms with Gasteiger partial charge in [0.2, 0.25) is 0 Å². The first-order chi connectivity index (χ1) is 9.94.